The summed E-state index contributed by atoms with van der Waals surface area (Å²) in [6, 6.07) is 9.28. The summed E-state index contributed by atoms with van der Waals surface area (Å²) in [5.74, 6) is 2.49. The molecule has 0 saturated heterocycles. The van der Waals surface area contributed by atoms with E-state index in [-0.39, 0.29) is 0 Å². The zero-order valence-corrected chi connectivity index (χ0v) is 14.2. The molecule has 0 aliphatic carbocycles. The first kappa shape index (κ1) is 15.8. The highest BCUT2D eigenvalue weighted by atomic mass is 16.5. The Morgan fingerprint density at radius 3 is 2.54 bits per heavy atom. The van der Waals surface area contributed by atoms with Crippen LogP contribution < -0.4 is 14.8 Å². The second kappa shape index (κ2) is 6.67. The summed E-state index contributed by atoms with van der Waals surface area (Å²) in [5, 5.41) is 10.3. The van der Waals surface area contributed by atoms with Crippen LogP contribution in [0.15, 0.2) is 48.9 Å². The van der Waals surface area contributed by atoms with Gasteiger partial charge < -0.3 is 14.8 Å². The molecule has 0 fully saturated rings. The number of ether oxygens (including phenoxy) is 2. The quantitative estimate of drug-likeness (QED) is 0.571. The van der Waals surface area contributed by atoms with E-state index in [0.29, 0.717) is 23.1 Å². The van der Waals surface area contributed by atoms with Crippen molar-refractivity contribution in [1.29, 1.82) is 0 Å². The largest absolute Gasteiger partial charge is 0.493 e. The van der Waals surface area contributed by atoms with Gasteiger partial charge in [0.1, 0.15) is 11.0 Å². The number of pyridine rings is 1. The summed E-state index contributed by atoms with van der Waals surface area (Å²) in [6.07, 6.45) is 5.08. The van der Waals surface area contributed by atoms with Crippen molar-refractivity contribution < 1.29 is 9.47 Å². The second-order valence-electron chi connectivity index (χ2n) is 5.46. The average molecular weight is 348 g/mol. The van der Waals surface area contributed by atoms with E-state index in [9.17, 15) is 0 Å². The van der Waals surface area contributed by atoms with Crippen LogP contribution in [0.5, 0.6) is 11.5 Å². The molecule has 0 atom stereocenters. The van der Waals surface area contributed by atoms with Gasteiger partial charge in [0.05, 0.1) is 20.4 Å². The van der Waals surface area contributed by atoms with Gasteiger partial charge in [-0.05, 0) is 24.3 Å². The number of anilines is 2. The van der Waals surface area contributed by atoms with Gasteiger partial charge in [-0.3, -0.25) is 10.1 Å². The van der Waals surface area contributed by atoms with E-state index >= 15 is 0 Å². The zero-order valence-electron chi connectivity index (χ0n) is 14.2. The minimum atomic E-state index is 0.587. The Labute approximate surface area is 149 Å². The van der Waals surface area contributed by atoms with E-state index in [4.69, 9.17) is 9.47 Å². The Hall–Kier alpha value is -3.68. The number of rotatable bonds is 5. The van der Waals surface area contributed by atoms with Gasteiger partial charge in [-0.1, -0.05) is 0 Å². The Morgan fingerprint density at radius 2 is 1.77 bits per heavy atom. The van der Waals surface area contributed by atoms with E-state index in [1.165, 1.54) is 0 Å². The molecule has 0 bridgehead atoms. The van der Waals surface area contributed by atoms with Crippen LogP contribution in [0.25, 0.3) is 22.4 Å². The van der Waals surface area contributed by atoms with Gasteiger partial charge in [0, 0.05) is 29.7 Å². The summed E-state index contributed by atoms with van der Waals surface area (Å²) in [6.45, 7) is 0. The minimum absolute atomic E-state index is 0.587. The first-order valence-corrected chi connectivity index (χ1v) is 7.89. The van der Waals surface area contributed by atoms with Gasteiger partial charge in [-0.25, -0.2) is 9.97 Å². The molecule has 8 nitrogen and oxygen atoms in total. The molecule has 130 valence electrons. The Bertz CT molecular complexity index is 1050. The van der Waals surface area contributed by atoms with E-state index in [0.717, 1.165) is 22.3 Å². The molecule has 3 heterocycles. The van der Waals surface area contributed by atoms with Crippen molar-refractivity contribution in [2.24, 2.45) is 0 Å². The highest BCUT2D eigenvalue weighted by Crippen LogP contribution is 2.32. The smallest absolute Gasteiger partial charge is 0.162 e. The van der Waals surface area contributed by atoms with Crippen molar-refractivity contribution in [1.82, 2.24) is 25.1 Å². The molecule has 0 amide bonds. The number of aromatic amines is 1. The number of hydrogen-bond donors (Lipinski definition) is 2. The molecule has 0 unspecified atom stereocenters. The highest BCUT2D eigenvalue weighted by molar-refractivity contribution is 5.88. The summed E-state index contributed by atoms with van der Waals surface area (Å²) in [7, 11) is 3.20. The van der Waals surface area contributed by atoms with Crippen LogP contribution >= 0.6 is 0 Å². The Morgan fingerprint density at radius 1 is 0.962 bits per heavy atom. The molecule has 3 aromatic heterocycles. The molecule has 26 heavy (non-hydrogen) atoms. The van der Waals surface area contributed by atoms with E-state index in [1.807, 2.05) is 30.3 Å². The van der Waals surface area contributed by atoms with Crippen molar-refractivity contribution in [3.05, 3.63) is 48.9 Å². The summed E-state index contributed by atoms with van der Waals surface area (Å²) in [4.78, 5) is 13.2. The predicted molar refractivity (Wildman–Crippen MR) is 97.7 cm³/mol. The van der Waals surface area contributed by atoms with Crippen LogP contribution in [0.2, 0.25) is 0 Å². The third kappa shape index (κ3) is 2.88. The maximum atomic E-state index is 5.36. The van der Waals surface area contributed by atoms with Gasteiger partial charge in [0.15, 0.2) is 23.1 Å². The number of fused-ring (bicyclic) bond motifs is 1. The highest BCUT2D eigenvalue weighted by Gasteiger charge is 2.12. The molecule has 4 aromatic rings. The SMILES string of the molecule is COc1ccc(Nc2nc(-c3ccncc3)nc3cn[nH]c23)cc1OC. The fourth-order valence-corrected chi connectivity index (χ4v) is 2.61. The van der Waals surface area contributed by atoms with Gasteiger partial charge >= 0.3 is 0 Å². The van der Waals surface area contributed by atoms with Gasteiger partial charge in [0.2, 0.25) is 0 Å². The van der Waals surface area contributed by atoms with Gasteiger partial charge in [-0.15, -0.1) is 0 Å². The van der Waals surface area contributed by atoms with Crippen LogP contribution in [-0.4, -0.2) is 39.4 Å². The number of H-pyrrole nitrogens is 1. The number of methoxy groups -OCH3 is 2. The maximum Gasteiger partial charge on any atom is 0.162 e. The molecular weight excluding hydrogens is 332 g/mol. The van der Waals surface area contributed by atoms with Gasteiger partial charge in [0.25, 0.3) is 0 Å². The predicted octanol–water partition coefficient (Wildman–Crippen LogP) is 3.18. The van der Waals surface area contributed by atoms with E-state index in [1.54, 1.807) is 32.8 Å². The monoisotopic (exact) mass is 348 g/mol. The molecule has 2 N–H and O–H groups in total. The number of benzene rings is 1. The lowest BCUT2D eigenvalue weighted by molar-refractivity contribution is 0.355. The molecule has 8 heteroatoms. The third-order valence-electron chi connectivity index (χ3n) is 3.88. The van der Waals surface area contributed by atoms with Crippen LogP contribution in [0.3, 0.4) is 0 Å². The van der Waals surface area contributed by atoms with Crippen LogP contribution in [0.4, 0.5) is 11.5 Å². The normalized spacial score (nSPS) is 10.7. The van der Waals surface area contributed by atoms with Crippen LogP contribution in [0, 0.1) is 0 Å². The first-order chi connectivity index (χ1) is 12.8. The first-order valence-electron chi connectivity index (χ1n) is 7.89. The molecule has 0 radical (unpaired) electrons. The minimum Gasteiger partial charge on any atom is -0.493 e. The summed E-state index contributed by atoms with van der Waals surface area (Å²) < 4.78 is 10.6. The molecule has 0 aliphatic rings. The number of nitrogens with one attached hydrogen (secondary N) is 2. The molecule has 0 aliphatic heterocycles. The zero-order chi connectivity index (χ0) is 17.9. The van der Waals surface area contributed by atoms with Crippen LogP contribution in [-0.2, 0) is 0 Å². The number of nitrogens with zero attached hydrogens (tertiary/aromatic N) is 4. The van der Waals surface area contributed by atoms with Crippen molar-refractivity contribution in [2.45, 2.75) is 0 Å². The lowest BCUT2D eigenvalue weighted by Crippen LogP contribution is -2.00. The lowest BCUT2D eigenvalue weighted by atomic mass is 10.2. The van der Waals surface area contributed by atoms with Crippen molar-refractivity contribution in [2.75, 3.05) is 19.5 Å². The molecule has 0 spiro atoms. The van der Waals surface area contributed by atoms with Gasteiger partial charge in [-0.2, -0.15) is 5.10 Å². The maximum absolute atomic E-state index is 5.36. The molecule has 0 saturated carbocycles. The van der Waals surface area contributed by atoms with E-state index in [2.05, 4.69) is 30.5 Å². The fraction of sp³-hybridized carbons (Fsp3) is 0.111. The molecular formula is C18H16N6O2. The molecule has 4 rings (SSSR count). The van der Waals surface area contributed by atoms with Crippen LogP contribution in [0.1, 0.15) is 0 Å². The fourth-order valence-electron chi connectivity index (χ4n) is 2.61. The lowest BCUT2D eigenvalue weighted by Gasteiger charge is -2.12. The number of aromatic nitrogens is 5. The van der Waals surface area contributed by atoms with E-state index < -0.39 is 0 Å². The third-order valence-corrected chi connectivity index (χ3v) is 3.88. The topological polar surface area (TPSA) is 97.8 Å². The van der Waals surface area contributed by atoms with Crippen molar-refractivity contribution in [3.63, 3.8) is 0 Å². The number of hydrogen-bond acceptors (Lipinski definition) is 7. The Balaban J connectivity index is 1.77. The van der Waals surface area contributed by atoms with Crippen molar-refractivity contribution >= 4 is 22.5 Å². The Kier molecular flexibility index (Phi) is 4.06. The second-order valence-corrected chi connectivity index (χ2v) is 5.46. The summed E-state index contributed by atoms with van der Waals surface area (Å²) >= 11 is 0. The molecule has 1 aromatic carbocycles. The van der Waals surface area contributed by atoms with Crippen molar-refractivity contribution in [3.8, 4) is 22.9 Å². The average Bonchev–Trinajstić information content (AvgIpc) is 3.17. The summed E-state index contributed by atoms with van der Waals surface area (Å²) in [5.41, 5.74) is 3.11. The standard InChI is InChI=1S/C18H16N6O2/c1-25-14-4-3-12(9-15(14)26-2)21-18-16-13(10-20-24-16)22-17(23-18)11-5-7-19-8-6-11/h3-10H,1-2H3,(H,20,24)(H,21,22,23).